The van der Waals surface area contributed by atoms with E-state index in [-0.39, 0.29) is 0 Å². The molecule has 0 saturated heterocycles. The number of aromatic nitrogens is 4. The van der Waals surface area contributed by atoms with Crippen molar-refractivity contribution in [3.8, 4) is 5.69 Å². The van der Waals surface area contributed by atoms with Crippen molar-refractivity contribution < 1.29 is 0 Å². The average Bonchev–Trinajstić information content (AvgIpc) is 2.53. The third-order valence-corrected chi connectivity index (χ3v) is 1.90. The standard InChI is InChI=1S/C8H7ClN4/c1-6-11-5-12-13(6)7-2-3-8(9)10-4-7/h2-5H,1H3. The molecule has 4 nitrogen and oxygen atoms in total. The predicted molar refractivity (Wildman–Crippen MR) is 48.9 cm³/mol. The van der Waals surface area contributed by atoms with Gasteiger partial charge in [0.2, 0.25) is 0 Å². The van der Waals surface area contributed by atoms with Crippen LogP contribution in [0.25, 0.3) is 5.69 Å². The SMILES string of the molecule is Cc1ncnn1-c1ccc(Cl)nc1. The monoisotopic (exact) mass is 194 g/mol. The minimum Gasteiger partial charge on any atom is -0.242 e. The minimum absolute atomic E-state index is 0.474. The first-order chi connectivity index (χ1) is 6.27. The number of aryl methyl sites for hydroxylation is 1. The van der Waals surface area contributed by atoms with Gasteiger partial charge < -0.3 is 0 Å². The second-order valence-corrected chi connectivity index (χ2v) is 2.95. The lowest BCUT2D eigenvalue weighted by Crippen LogP contribution is -1.99. The van der Waals surface area contributed by atoms with Crippen LogP contribution in [0.3, 0.4) is 0 Å². The zero-order chi connectivity index (χ0) is 9.26. The summed E-state index contributed by atoms with van der Waals surface area (Å²) in [5, 5.41) is 4.51. The summed E-state index contributed by atoms with van der Waals surface area (Å²) in [4.78, 5) is 7.96. The van der Waals surface area contributed by atoms with E-state index in [0.717, 1.165) is 11.5 Å². The van der Waals surface area contributed by atoms with E-state index < -0.39 is 0 Å². The van der Waals surface area contributed by atoms with Gasteiger partial charge in [-0.15, -0.1) is 0 Å². The zero-order valence-electron chi connectivity index (χ0n) is 6.98. The highest BCUT2D eigenvalue weighted by molar-refractivity contribution is 6.29. The smallest absolute Gasteiger partial charge is 0.138 e. The number of nitrogens with zero attached hydrogens (tertiary/aromatic N) is 4. The van der Waals surface area contributed by atoms with Gasteiger partial charge in [-0.3, -0.25) is 0 Å². The average molecular weight is 195 g/mol. The van der Waals surface area contributed by atoms with E-state index in [1.54, 1.807) is 16.9 Å². The summed E-state index contributed by atoms with van der Waals surface area (Å²) in [5.74, 6) is 0.823. The Bertz CT molecular complexity index is 406. The van der Waals surface area contributed by atoms with Crippen molar-refractivity contribution in [3.63, 3.8) is 0 Å². The molecule has 2 aromatic rings. The summed E-state index contributed by atoms with van der Waals surface area (Å²) in [6, 6.07) is 3.56. The topological polar surface area (TPSA) is 43.6 Å². The summed E-state index contributed by atoms with van der Waals surface area (Å²) in [6.45, 7) is 1.88. The summed E-state index contributed by atoms with van der Waals surface area (Å²) in [5.41, 5.74) is 0.861. The van der Waals surface area contributed by atoms with Gasteiger partial charge in [-0.1, -0.05) is 11.6 Å². The molecule has 2 rings (SSSR count). The number of halogens is 1. The lowest BCUT2D eigenvalue weighted by molar-refractivity contribution is 0.835. The van der Waals surface area contributed by atoms with Gasteiger partial charge in [0.25, 0.3) is 0 Å². The molecule has 0 radical (unpaired) electrons. The summed E-state index contributed by atoms with van der Waals surface area (Å²) in [7, 11) is 0. The minimum atomic E-state index is 0.474. The van der Waals surface area contributed by atoms with Gasteiger partial charge in [0.1, 0.15) is 17.3 Å². The van der Waals surface area contributed by atoms with Crippen LogP contribution in [0.15, 0.2) is 24.7 Å². The molecular weight excluding hydrogens is 188 g/mol. The maximum atomic E-state index is 5.66. The highest BCUT2D eigenvalue weighted by Gasteiger charge is 2.01. The number of hydrogen-bond donors (Lipinski definition) is 0. The largest absolute Gasteiger partial charge is 0.242 e. The number of pyridine rings is 1. The lowest BCUT2D eigenvalue weighted by atomic mass is 10.4. The van der Waals surface area contributed by atoms with E-state index in [9.17, 15) is 0 Å². The van der Waals surface area contributed by atoms with Crippen molar-refractivity contribution in [2.45, 2.75) is 6.92 Å². The van der Waals surface area contributed by atoms with Crippen molar-refractivity contribution in [2.75, 3.05) is 0 Å². The Morgan fingerprint density at radius 1 is 1.31 bits per heavy atom. The van der Waals surface area contributed by atoms with E-state index in [4.69, 9.17) is 11.6 Å². The molecule has 66 valence electrons. The van der Waals surface area contributed by atoms with Crippen molar-refractivity contribution in [1.29, 1.82) is 0 Å². The summed E-state index contributed by atoms with van der Waals surface area (Å²) in [6.07, 6.45) is 3.16. The predicted octanol–water partition coefficient (Wildman–Crippen LogP) is 1.62. The van der Waals surface area contributed by atoms with Gasteiger partial charge in [-0.05, 0) is 19.1 Å². The number of hydrogen-bond acceptors (Lipinski definition) is 3. The summed E-state index contributed by atoms with van der Waals surface area (Å²) >= 11 is 5.66. The van der Waals surface area contributed by atoms with Gasteiger partial charge in [0, 0.05) is 0 Å². The van der Waals surface area contributed by atoms with Crippen LogP contribution >= 0.6 is 11.6 Å². The van der Waals surface area contributed by atoms with E-state index >= 15 is 0 Å². The quantitative estimate of drug-likeness (QED) is 0.648. The molecule has 2 heterocycles. The highest BCUT2D eigenvalue weighted by atomic mass is 35.5. The first kappa shape index (κ1) is 8.19. The third-order valence-electron chi connectivity index (χ3n) is 1.67. The Hall–Kier alpha value is -1.42. The maximum absolute atomic E-state index is 5.66. The van der Waals surface area contributed by atoms with Crippen LogP contribution in [0, 0.1) is 6.92 Å². The summed E-state index contributed by atoms with van der Waals surface area (Å²) < 4.78 is 1.70. The van der Waals surface area contributed by atoms with Crippen molar-refractivity contribution in [3.05, 3.63) is 35.6 Å². The van der Waals surface area contributed by atoms with Gasteiger partial charge in [-0.25, -0.2) is 14.6 Å². The second kappa shape index (κ2) is 3.14. The molecule has 0 N–H and O–H groups in total. The molecule has 0 aliphatic rings. The molecule has 5 heteroatoms. The molecule has 0 fully saturated rings. The zero-order valence-corrected chi connectivity index (χ0v) is 7.73. The Balaban J connectivity index is 2.47. The molecule has 0 aromatic carbocycles. The fourth-order valence-electron chi connectivity index (χ4n) is 1.05. The van der Waals surface area contributed by atoms with Crippen LogP contribution in [0.4, 0.5) is 0 Å². The first-order valence-corrected chi connectivity index (χ1v) is 4.14. The molecule has 0 atom stereocenters. The number of rotatable bonds is 1. The van der Waals surface area contributed by atoms with E-state index in [1.165, 1.54) is 6.33 Å². The van der Waals surface area contributed by atoms with Crippen LogP contribution in [0.2, 0.25) is 5.15 Å². The third kappa shape index (κ3) is 1.53. The molecule has 2 aromatic heterocycles. The Kier molecular flexibility index (Phi) is 1.98. The van der Waals surface area contributed by atoms with Crippen LogP contribution in [-0.2, 0) is 0 Å². The molecule has 0 aliphatic carbocycles. The van der Waals surface area contributed by atoms with Crippen LogP contribution in [-0.4, -0.2) is 19.7 Å². The van der Waals surface area contributed by atoms with E-state index in [1.807, 2.05) is 13.0 Å². The van der Waals surface area contributed by atoms with Crippen LogP contribution in [0.5, 0.6) is 0 Å². The maximum Gasteiger partial charge on any atom is 0.138 e. The second-order valence-electron chi connectivity index (χ2n) is 2.56. The van der Waals surface area contributed by atoms with Gasteiger partial charge in [0.05, 0.1) is 11.9 Å². The lowest BCUT2D eigenvalue weighted by Gasteiger charge is -2.00. The Labute approximate surface area is 80.2 Å². The molecule has 0 aliphatic heterocycles. The molecule has 0 amide bonds. The van der Waals surface area contributed by atoms with Crippen molar-refractivity contribution in [2.24, 2.45) is 0 Å². The molecule has 13 heavy (non-hydrogen) atoms. The van der Waals surface area contributed by atoms with Crippen molar-refractivity contribution >= 4 is 11.6 Å². The normalized spacial score (nSPS) is 10.3. The Morgan fingerprint density at radius 2 is 2.15 bits per heavy atom. The van der Waals surface area contributed by atoms with Gasteiger partial charge >= 0.3 is 0 Å². The van der Waals surface area contributed by atoms with E-state index in [2.05, 4.69) is 15.1 Å². The first-order valence-electron chi connectivity index (χ1n) is 3.76. The molecule has 0 bridgehead atoms. The van der Waals surface area contributed by atoms with Crippen LogP contribution < -0.4 is 0 Å². The van der Waals surface area contributed by atoms with Gasteiger partial charge in [-0.2, -0.15) is 5.10 Å². The molecule has 0 unspecified atom stereocenters. The fourth-order valence-corrected chi connectivity index (χ4v) is 1.16. The fraction of sp³-hybridized carbons (Fsp3) is 0.125. The molecular formula is C8H7ClN4. The van der Waals surface area contributed by atoms with Crippen molar-refractivity contribution in [1.82, 2.24) is 19.7 Å². The molecule has 0 spiro atoms. The Morgan fingerprint density at radius 3 is 2.69 bits per heavy atom. The molecule has 0 saturated carbocycles. The van der Waals surface area contributed by atoms with Crippen LogP contribution in [0.1, 0.15) is 5.82 Å². The highest BCUT2D eigenvalue weighted by Crippen LogP contribution is 2.09. The van der Waals surface area contributed by atoms with E-state index in [0.29, 0.717) is 5.15 Å². The van der Waals surface area contributed by atoms with Gasteiger partial charge in [0.15, 0.2) is 0 Å².